The van der Waals surface area contributed by atoms with E-state index in [1.165, 1.54) is 5.56 Å². The summed E-state index contributed by atoms with van der Waals surface area (Å²) < 4.78 is 1.81. The molecule has 5 nitrogen and oxygen atoms in total. The van der Waals surface area contributed by atoms with Crippen molar-refractivity contribution < 1.29 is 4.79 Å². The molecule has 0 saturated carbocycles. The van der Waals surface area contributed by atoms with Crippen molar-refractivity contribution >= 4 is 22.5 Å². The Hall–Kier alpha value is -2.95. The van der Waals surface area contributed by atoms with Gasteiger partial charge in [-0.15, -0.1) is 0 Å². The molecule has 136 valence electrons. The van der Waals surface area contributed by atoms with Gasteiger partial charge in [0.25, 0.3) is 11.5 Å². The molecule has 5 heteroatoms. The molecule has 0 atom stereocenters. The Bertz CT molecular complexity index is 1120. The molecule has 0 radical (unpaired) electrons. The van der Waals surface area contributed by atoms with Gasteiger partial charge < -0.3 is 4.90 Å². The van der Waals surface area contributed by atoms with Crippen LogP contribution in [0.15, 0.2) is 47.3 Å². The highest BCUT2D eigenvalue weighted by Gasteiger charge is 2.25. The minimum Gasteiger partial charge on any atom is -0.308 e. The average Bonchev–Trinajstić information content (AvgIpc) is 2.98. The number of nitrogens with zero attached hydrogens (tertiary/aromatic N) is 3. The van der Waals surface area contributed by atoms with E-state index >= 15 is 0 Å². The fraction of sp³-hybridized carbons (Fsp3) is 0.318. The van der Waals surface area contributed by atoms with E-state index in [1.54, 1.807) is 18.2 Å². The van der Waals surface area contributed by atoms with Crippen LogP contribution in [-0.2, 0) is 19.4 Å². The fourth-order valence-corrected chi connectivity index (χ4v) is 4.26. The highest BCUT2D eigenvalue weighted by atomic mass is 16.2. The van der Waals surface area contributed by atoms with Gasteiger partial charge in [0.15, 0.2) is 0 Å². The summed E-state index contributed by atoms with van der Waals surface area (Å²) in [6, 6.07) is 13.3. The highest BCUT2D eigenvalue weighted by molar-refractivity contribution is 6.08. The number of hydrogen-bond donors (Lipinski definition) is 0. The minimum absolute atomic E-state index is 0.0161. The van der Waals surface area contributed by atoms with E-state index in [-0.39, 0.29) is 11.5 Å². The zero-order valence-corrected chi connectivity index (χ0v) is 15.1. The lowest BCUT2D eigenvalue weighted by Crippen LogP contribution is -2.29. The summed E-state index contributed by atoms with van der Waals surface area (Å²) in [7, 11) is 0. The second-order valence-electron chi connectivity index (χ2n) is 7.36. The molecule has 2 aliphatic heterocycles. The first kappa shape index (κ1) is 16.2. The maximum Gasteiger partial charge on any atom is 0.261 e. The van der Waals surface area contributed by atoms with Crippen molar-refractivity contribution in [2.75, 3.05) is 11.4 Å². The highest BCUT2D eigenvalue weighted by Crippen LogP contribution is 2.29. The smallest absolute Gasteiger partial charge is 0.261 e. The van der Waals surface area contributed by atoms with E-state index < -0.39 is 0 Å². The minimum atomic E-state index is -0.0290. The Balaban J connectivity index is 1.57. The Kier molecular flexibility index (Phi) is 3.81. The molecular weight excluding hydrogens is 338 g/mol. The van der Waals surface area contributed by atoms with Gasteiger partial charge in [-0.3, -0.25) is 14.2 Å². The van der Waals surface area contributed by atoms with Crippen molar-refractivity contribution in [3.63, 3.8) is 0 Å². The predicted molar refractivity (Wildman–Crippen MR) is 105 cm³/mol. The Morgan fingerprint density at radius 3 is 2.78 bits per heavy atom. The number of carbonyl (C=O) groups excluding carboxylic acids is 1. The van der Waals surface area contributed by atoms with Crippen molar-refractivity contribution in [1.82, 2.24) is 9.55 Å². The maximum absolute atomic E-state index is 13.1. The molecule has 3 heterocycles. The van der Waals surface area contributed by atoms with Gasteiger partial charge in [0.2, 0.25) is 0 Å². The predicted octanol–water partition coefficient (Wildman–Crippen LogP) is 3.33. The molecule has 0 fully saturated rings. The monoisotopic (exact) mass is 359 g/mol. The number of hydrogen-bond acceptors (Lipinski definition) is 3. The lowest BCUT2D eigenvalue weighted by Gasteiger charge is -2.18. The molecule has 0 aliphatic carbocycles. The largest absolute Gasteiger partial charge is 0.308 e. The van der Waals surface area contributed by atoms with Crippen LogP contribution in [-0.4, -0.2) is 22.0 Å². The molecule has 27 heavy (non-hydrogen) atoms. The van der Waals surface area contributed by atoms with Crippen LogP contribution >= 0.6 is 0 Å². The molecule has 5 rings (SSSR count). The molecule has 3 aromatic rings. The van der Waals surface area contributed by atoms with Crippen molar-refractivity contribution in [3.05, 3.63) is 69.8 Å². The van der Waals surface area contributed by atoms with E-state index in [0.717, 1.165) is 50.2 Å². The summed E-state index contributed by atoms with van der Waals surface area (Å²) >= 11 is 0. The number of para-hydroxylation sites is 1. The standard InChI is InChI=1S/C22H21N3O2/c26-21(24-13-11-15-6-3-4-7-19(15)24)16-9-10-17-18(14-16)23-20-8-2-1-5-12-25(20)22(17)27/h3-4,6-7,9-10,14H,1-2,5,8,11-13H2. The third-order valence-corrected chi connectivity index (χ3v) is 5.70. The Morgan fingerprint density at radius 1 is 0.963 bits per heavy atom. The van der Waals surface area contributed by atoms with Gasteiger partial charge in [-0.1, -0.05) is 24.6 Å². The van der Waals surface area contributed by atoms with Crippen LogP contribution in [0.3, 0.4) is 0 Å². The summed E-state index contributed by atoms with van der Waals surface area (Å²) in [6.07, 6.45) is 4.90. The number of amides is 1. The zero-order valence-electron chi connectivity index (χ0n) is 15.1. The van der Waals surface area contributed by atoms with Crippen molar-refractivity contribution in [2.45, 2.75) is 38.6 Å². The van der Waals surface area contributed by atoms with Crippen molar-refractivity contribution in [2.24, 2.45) is 0 Å². The Morgan fingerprint density at radius 2 is 1.85 bits per heavy atom. The van der Waals surface area contributed by atoms with E-state index in [2.05, 4.69) is 6.07 Å². The summed E-state index contributed by atoms with van der Waals surface area (Å²) in [5.41, 5.74) is 3.42. The first-order valence-corrected chi connectivity index (χ1v) is 9.65. The first-order chi connectivity index (χ1) is 13.2. The summed E-state index contributed by atoms with van der Waals surface area (Å²) in [6.45, 7) is 1.43. The summed E-state index contributed by atoms with van der Waals surface area (Å²) in [4.78, 5) is 32.5. The lowest BCUT2D eigenvalue weighted by molar-refractivity contribution is 0.0989. The van der Waals surface area contributed by atoms with Crippen LogP contribution in [0, 0.1) is 0 Å². The number of fused-ring (bicyclic) bond motifs is 3. The summed E-state index contributed by atoms with van der Waals surface area (Å²) in [5.74, 6) is 0.819. The molecule has 0 saturated heterocycles. The molecule has 1 aromatic heterocycles. The molecule has 0 spiro atoms. The first-order valence-electron chi connectivity index (χ1n) is 9.65. The van der Waals surface area contributed by atoms with Gasteiger partial charge >= 0.3 is 0 Å². The fourth-order valence-electron chi connectivity index (χ4n) is 4.26. The molecule has 0 bridgehead atoms. The van der Waals surface area contributed by atoms with Gasteiger partial charge in [0.05, 0.1) is 10.9 Å². The van der Waals surface area contributed by atoms with Crippen molar-refractivity contribution in [1.29, 1.82) is 0 Å². The number of aryl methyl sites for hydroxylation is 1. The molecule has 0 N–H and O–H groups in total. The number of carbonyl (C=O) groups is 1. The second kappa shape index (κ2) is 6.34. The van der Waals surface area contributed by atoms with Crippen LogP contribution in [0.2, 0.25) is 0 Å². The SMILES string of the molecule is O=C(c1ccc2c(=O)n3c(nc2c1)CCCCC3)N1CCc2ccccc21. The normalized spacial score (nSPS) is 16.1. The number of rotatable bonds is 1. The van der Waals surface area contributed by atoms with Gasteiger partial charge in [-0.2, -0.15) is 0 Å². The maximum atomic E-state index is 13.1. The third kappa shape index (κ3) is 2.65. The average molecular weight is 359 g/mol. The van der Waals surface area contributed by atoms with Crippen LogP contribution in [0.1, 0.15) is 41.0 Å². The molecule has 2 aliphatic rings. The van der Waals surface area contributed by atoms with E-state index in [1.807, 2.05) is 27.7 Å². The van der Waals surface area contributed by atoms with E-state index in [9.17, 15) is 9.59 Å². The van der Waals surface area contributed by atoms with Crippen LogP contribution in [0.25, 0.3) is 10.9 Å². The zero-order chi connectivity index (χ0) is 18.4. The van der Waals surface area contributed by atoms with Crippen LogP contribution in [0.5, 0.6) is 0 Å². The summed E-state index contributed by atoms with van der Waals surface area (Å²) in [5, 5.41) is 0.596. The second-order valence-corrected chi connectivity index (χ2v) is 7.36. The topological polar surface area (TPSA) is 55.2 Å². The third-order valence-electron chi connectivity index (χ3n) is 5.70. The van der Waals surface area contributed by atoms with Gasteiger partial charge in [-0.25, -0.2) is 4.98 Å². The molecule has 1 amide bonds. The number of aromatic nitrogens is 2. The molecule has 0 unspecified atom stereocenters. The molecular formula is C22H21N3O2. The van der Waals surface area contributed by atoms with E-state index in [4.69, 9.17) is 4.98 Å². The van der Waals surface area contributed by atoms with Crippen LogP contribution in [0.4, 0.5) is 5.69 Å². The van der Waals surface area contributed by atoms with Gasteiger partial charge in [0.1, 0.15) is 5.82 Å². The van der Waals surface area contributed by atoms with Crippen molar-refractivity contribution in [3.8, 4) is 0 Å². The number of benzene rings is 2. The van der Waals surface area contributed by atoms with Crippen LogP contribution < -0.4 is 10.5 Å². The number of anilines is 1. The quantitative estimate of drug-likeness (QED) is 0.670. The Labute approximate surface area is 157 Å². The molecule has 2 aromatic carbocycles. The van der Waals surface area contributed by atoms with Gasteiger partial charge in [0, 0.05) is 30.8 Å². The van der Waals surface area contributed by atoms with Gasteiger partial charge in [-0.05, 0) is 49.1 Å². The lowest BCUT2D eigenvalue weighted by atomic mass is 10.1. The van der Waals surface area contributed by atoms with E-state index in [0.29, 0.717) is 23.0 Å².